The first kappa shape index (κ1) is 21.3. The molecule has 7 heteroatoms. The molecule has 0 radical (unpaired) electrons. The maximum Gasteiger partial charge on any atom is 0.191 e. The molecule has 2 aromatic rings. The van der Waals surface area contributed by atoms with Gasteiger partial charge in [-0.1, -0.05) is 31.1 Å². The SMILES string of the molecule is CCc1noc(CC)c1CNC(=NC)NCC1(c2ccc(F)cc2)CCOCC1. The second-order valence-corrected chi connectivity index (χ2v) is 7.42. The van der Waals surface area contributed by atoms with Gasteiger partial charge in [0, 0.05) is 50.8 Å². The Hall–Kier alpha value is -2.41. The third-order valence-electron chi connectivity index (χ3n) is 5.76. The number of hydrogen-bond donors (Lipinski definition) is 2. The van der Waals surface area contributed by atoms with Gasteiger partial charge in [0.25, 0.3) is 0 Å². The van der Waals surface area contributed by atoms with Gasteiger partial charge in [-0.05, 0) is 37.0 Å². The van der Waals surface area contributed by atoms with Gasteiger partial charge in [0.2, 0.25) is 0 Å². The highest BCUT2D eigenvalue weighted by atomic mass is 19.1. The number of nitrogens with one attached hydrogen (secondary N) is 2. The van der Waals surface area contributed by atoms with Crippen molar-refractivity contribution in [2.75, 3.05) is 26.8 Å². The lowest BCUT2D eigenvalue weighted by molar-refractivity contribution is 0.0513. The number of aliphatic imine (C=N–C) groups is 1. The molecular weight excluding hydrogens is 371 g/mol. The summed E-state index contributed by atoms with van der Waals surface area (Å²) in [6.07, 6.45) is 3.41. The number of nitrogens with zero attached hydrogens (tertiary/aromatic N) is 2. The zero-order valence-corrected chi connectivity index (χ0v) is 17.6. The molecule has 1 aliphatic heterocycles. The van der Waals surface area contributed by atoms with Crippen LogP contribution in [0.25, 0.3) is 0 Å². The van der Waals surface area contributed by atoms with Crippen LogP contribution in [0.4, 0.5) is 4.39 Å². The Morgan fingerprint density at radius 2 is 1.86 bits per heavy atom. The van der Waals surface area contributed by atoms with Gasteiger partial charge in [-0.3, -0.25) is 4.99 Å². The number of guanidine groups is 1. The molecule has 1 aromatic carbocycles. The Morgan fingerprint density at radius 1 is 1.14 bits per heavy atom. The fourth-order valence-electron chi connectivity index (χ4n) is 3.92. The first-order valence-corrected chi connectivity index (χ1v) is 10.4. The molecule has 0 spiro atoms. The van der Waals surface area contributed by atoms with Crippen molar-refractivity contribution in [3.8, 4) is 0 Å². The van der Waals surface area contributed by atoms with E-state index >= 15 is 0 Å². The van der Waals surface area contributed by atoms with Crippen LogP contribution in [0.3, 0.4) is 0 Å². The Balaban J connectivity index is 1.68. The molecule has 0 bridgehead atoms. The van der Waals surface area contributed by atoms with Gasteiger partial charge in [0.15, 0.2) is 5.96 Å². The van der Waals surface area contributed by atoms with Gasteiger partial charge in [-0.15, -0.1) is 0 Å². The molecule has 2 heterocycles. The second-order valence-electron chi connectivity index (χ2n) is 7.42. The highest BCUT2D eigenvalue weighted by Gasteiger charge is 2.34. The first-order chi connectivity index (χ1) is 14.1. The van der Waals surface area contributed by atoms with Crippen LogP contribution in [0.1, 0.15) is 49.3 Å². The van der Waals surface area contributed by atoms with Crippen molar-refractivity contribution in [1.82, 2.24) is 15.8 Å². The van der Waals surface area contributed by atoms with Gasteiger partial charge in [-0.2, -0.15) is 0 Å². The Bertz CT molecular complexity index is 789. The normalized spacial score (nSPS) is 16.6. The minimum absolute atomic E-state index is 0.107. The summed E-state index contributed by atoms with van der Waals surface area (Å²) in [6.45, 7) is 6.85. The summed E-state index contributed by atoms with van der Waals surface area (Å²) in [5.74, 6) is 1.42. The van der Waals surface area contributed by atoms with Crippen LogP contribution in [0, 0.1) is 5.82 Å². The molecule has 1 aliphatic rings. The van der Waals surface area contributed by atoms with Crippen LogP contribution in [0.5, 0.6) is 0 Å². The van der Waals surface area contributed by atoms with E-state index in [4.69, 9.17) is 9.26 Å². The van der Waals surface area contributed by atoms with Gasteiger partial charge in [0.05, 0.1) is 5.69 Å². The third-order valence-corrected chi connectivity index (χ3v) is 5.76. The van der Waals surface area contributed by atoms with Crippen LogP contribution >= 0.6 is 0 Å². The van der Waals surface area contributed by atoms with E-state index in [2.05, 4.69) is 34.6 Å². The molecule has 158 valence electrons. The molecule has 0 saturated carbocycles. The number of benzene rings is 1. The zero-order chi connectivity index (χ0) is 20.7. The van der Waals surface area contributed by atoms with Crippen molar-refractivity contribution < 1.29 is 13.7 Å². The van der Waals surface area contributed by atoms with E-state index in [-0.39, 0.29) is 11.2 Å². The van der Waals surface area contributed by atoms with Crippen molar-refractivity contribution in [3.63, 3.8) is 0 Å². The first-order valence-electron chi connectivity index (χ1n) is 10.4. The van der Waals surface area contributed by atoms with Gasteiger partial charge < -0.3 is 19.9 Å². The maximum absolute atomic E-state index is 13.4. The lowest BCUT2D eigenvalue weighted by Gasteiger charge is -2.38. The maximum atomic E-state index is 13.4. The summed E-state index contributed by atoms with van der Waals surface area (Å²) in [7, 11) is 1.76. The minimum Gasteiger partial charge on any atom is -0.381 e. The van der Waals surface area contributed by atoms with Crippen LogP contribution in [-0.2, 0) is 29.5 Å². The molecule has 1 saturated heterocycles. The van der Waals surface area contributed by atoms with E-state index in [1.165, 1.54) is 12.1 Å². The van der Waals surface area contributed by atoms with Crippen LogP contribution in [0.2, 0.25) is 0 Å². The van der Waals surface area contributed by atoms with E-state index in [0.29, 0.717) is 26.3 Å². The van der Waals surface area contributed by atoms with Crippen LogP contribution in [-0.4, -0.2) is 37.9 Å². The van der Waals surface area contributed by atoms with E-state index in [1.807, 2.05) is 12.1 Å². The Morgan fingerprint density at radius 3 is 2.48 bits per heavy atom. The van der Waals surface area contributed by atoms with Crippen LogP contribution < -0.4 is 10.6 Å². The minimum atomic E-state index is -0.214. The predicted molar refractivity (Wildman–Crippen MR) is 112 cm³/mol. The van der Waals surface area contributed by atoms with Crippen molar-refractivity contribution in [2.45, 2.75) is 51.5 Å². The number of aromatic nitrogens is 1. The summed E-state index contributed by atoms with van der Waals surface area (Å²) in [5, 5.41) is 11.0. The lowest BCUT2D eigenvalue weighted by Crippen LogP contribution is -2.48. The van der Waals surface area contributed by atoms with Gasteiger partial charge >= 0.3 is 0 Å². The van der Waals surface area contributed by atoms with E-state index < -0.39 is 0 Å². The molecule has 1 fully saturated rings. The second kappa shape index (κ2) is 9.87. The standard InChI is InChI=1S/C22H31FN4O2/c1-4-19-18(20(5-2)29-27-19)14-25-21(24-3)26-15-22(10-12-28-13-11-22)16-6-8-17(23)9-7-16/h6-9H,4-5,10-15H2,1-3H3,(H2,24,25,26). The Kier molecular flexibility index (Phi) is 7.25. The molecule has 1 aromatic heterocycles. The summed E-state index contributed by atoms with van der Waals surface area (Å²) in [4.78, 5) is 4.37. The van der Waals surface area contributed by atoms with Crippen LogP contribution in [0.15, 0.2) is 33.8 Å². The summed E-state index contributed by atoms with van der Waals surface area (Å²) >= 11 is 0. The number of hydrogen-bond acceptors (Lipinski definition) is 4. The topological polar surface area (TPSA) is 71.7 Å². The molecule has 3 rings (SSSR count). The average Bonchev–Trinajstić information content (AvgIpc) is 3.17. The van der Waals surface area contributed by atoms with E-state index in [0.717, 1.165) is 54.2 Å². The zero-order valence-electron chi connectivity index (χ0n) is 17.6. The van der Waals surface area contributed by atoms with Crippen molar-refractivity contribution in [2.24, 2.45) is 4.99 Å². The molecule has 2 N–H and O–H groups in total. The molecule has 0 amide bonds. The monoisotopic (exact) mass is 402 g/mol. The number of ether oxygens (including phenoxy) is 1. The molecule has 0 aliphatic carbocycles. The highest BCUT2D eigenvalue weighted by Crippen LogP contribution is 2.34. The summed E-state index contributed by atoms with van der Waals surface area (Å²) < 4.78 is 24.5. The molecule has 0 unspecified atom stereocenters. The summed E-state index contributed by atoms with van der Waals surface area (Å²) in [5.41, 5.74) is 3.12. The average molecular weight is 403 g/mol. The number of aryl methyl sites for hydroxylation is 2. The van der Waals surface area contributed by atoms with Gasteiger partial charge in [-0.25, -0.2) is 4.39 Å². The quantitative estimate of drug-likeness (QED) is 0.549. The molecule has 0 atom stereocenters. The lowest BCUT2D eigenvalue weighted by atomic mass is 9.74. The fourth-order valence-corrected chi connectivity index (χ4v) is 3.92. The largest absolute Gasteiger partial charge is 0.381 e. The predicted octanol–water partition coefficient (Wildman–Crippen LogP) is 3.35. The highest BCUT2D eigenvalue weighted by molar-refractivity contribution is 5.79. The molecule has 29 heavy (non-hydrogen) atoms. The molecule has 6 nitrogen and oxygen atoms in total. The van der Waals surface area contributed by atoms with E-state index in [9.17, 15) is 4.39 Å². The Labute approximate surface area is 171 Å². The van der Waals surface area contributed by atoms with E-state index in [1.54, 1.807) is 7.05 Å². The fraction of sp³-hybridized carbons (Fsp3) is 0.545. The number of halogens is 1. The third kappa shape index (κ3) is 4.96. The smallest absolute Gasteiger partial charge is 0.191 e. The van der Waals surface area contributed by atoms with Gasteiger partial charge in [0.1, 0.15) is 11.6 Å². The summed E-state index contributed by atoms with van der Waals surface area (Å²) in [6, 6.07) is 6.83. The van der Waals surface area contributed by atoms with Crippen molar-refractivity contribution in [3.05, 3.63) is 52.7 Å². The number of rotatable bonds is 7. The van der Waals surface area contributed by atoms with Crippen molar-refractivity contribution >= 4 is 5.96 Å². The van der Waals surface area contributed by atoms with Crippen molar-refractivity contribution in [1.29, 1.82) is 0 Å². The molecular formula is C22H31FN4O2.